The summed E-state index contributed by atoms with van der Waals surface area (Å²) < 4.78 is 5.33. The van der Waals surface area contributed by atoms with Crippen molar-refractivity contribution >= 4 is 11.6 Å². The molecule has 0 amide bonds. The van der Waals surface area contributed by atoms with Gasteiger partial charge in [-0.25, -0.2) is 15.8 Å². The minimum absolute atomic E-state index is 0.242. The van der Waals surface area contributed by atoms with E-state index >= 15 is 0 Å². The maximum Gasteiger partial charge on any atom is 0.145 e. The molecular formula is C11H21N5O. The van der Waals surface area contributed by atoms with Gasteiger partial charge in [0.15, 0.2) is 0 Å². The number of nitrogens with zero attached hydrogens (tertiary/aromatic N) is 2. The molecule has 96 valence electrons. The van der Waals surface area contributed by atoms with Gasteiger partial charge in [0.2, 0.25) is 0 Å². The van der Waals surface area contributed by atoms with E-state index in [0.29, 0.717) is 12.4 Å². The summed E-state index contributed by atoms with van der Waals surface area (Å²) in [4.78, 5) is 8.58. The monoisotopic (exact) mass is 239 g/mol. The highest BCUT2D eigenvalue weighted by Crippen LogP contribution is 2.13. The van der Waals surface area contributed by atoms with Gasteiger partial charge in [-0.3, -0.25) is 0 Å². The average Bonchev–Trinajstić information content (AvgIpc) is 2.36. The first kappa shape index (κ1) is 13.7. The molecule has 6 heteroatoms. The number of nitrogens with two attached hydrogens (primary N) is 1. The summed E-state index contributed by atoms with van der Waals surface area (Å²) in [5.74, 6) is 7.46. The fourth-order valence-electron chi connectivity index (χ4n) is 1.20. The van der Waals surface area contributed by atoms with Crippen LogP contribution in [0, 0.1) is 0 Å². The van der Waals surface area contributed by atoms with Gasteiger partial charge in [0.1, 0.15) is 17.5 Å². The van der Waals surface area contributed by atoms with E-state index in [1.165, 1.54) is 0 Å². The van der Waals surface area contributed by atoms with Gasteiger partial charge in [-0.05, 0) is 13.8 Å². The van der Waals surface area contributed by atoms with Crippen molar-refractivity contribution in [3.05, 3.63) is 11.9 Å². The number of aryl methyl sites for hydroxylation is 1. The number of hydrogen-bond donors (Lipinski definition) is 3. The first-order valence-corrected chi connectivity index (χ1v) is 5.64. The van der Waals surface area contributed by atoms with E-state index < -0.39 is 0 Å². The zero-order chi connectivity index (χ0) is 12.9. The van der Waals surface area contributed by atoms with Crippen LogP contribution in [0.2, 0.25) is 0 Å². The molecule has 4 N–H and O–H groups in total. The minimum Gasteiger partial charge on any atom is -0.377 e. The minimum atomic E-state index is -0.242. The van der Waals surface area contributed by atoms with Crippen molar-refractivity contribution in [3.8, 4) is 0 Å². The van der Waals surface area contributed by atoms with E-state index in [4.69, 9.17) is 10.6 Å². The molecule has 0 radical (unpaired) electrons. The van der Waals surface area contributed by atoms with Crippen LogP contribution in [-0.4, -0.2) is 29.2 Å². The van der Waals surface area contributed by atoms with E-state index in [-0.39, 0.29) is 5.60 Å². The SMILES string of the molecule is CCc1nc(NN)cc(NCC(C)(C)OC)n1. The summed E-state index contributed by atoms with van der Waals surface area (Å²) in [6, 6.07) is 1.77. The lowest BCUT2D eigenvalue weighted by Crippen LogP contribution is -2.32. The van der Waals surface area contributed by atoms with Gasteiger partial charge in [-0.15, -0.1) is 0 Å². The zero-order valence-corrected chi connectivity index (χ0v) is 10.9. The molecule has 0 bridgehead atoms. The van der Waals surface area contributed by atoms with Crippen LogP contribution >= 0.6 is 0 Å². The summed E-state index contributed by atoms with van der Waals surface area (Å²) >= 11 is 0. The zero-order valence-electron chi connectivity index (χ0n) is 10.9. The van der Waals surface area contributed by atoms with E-state index in [0.717, 1.165) is 18.1 Å². The van der Waals surface area contributed by atoms with Crippen molar-refractivity contribution in [2.75, 3.05) is 24.4 Å². The third-order valence-corrected chi connectivity index (χ3v) is 2.48. The number of methoxy groups -OCH3 is 1. The molecule has 0 aromatic carbocycles. The molecule has 17 heavy (non-hydrogen) atoms. The van der Waals surface area contributed by atoms with Crippen LogP contribution in [0.1, 0.15) is 26.6 Å². The number of hydrogen-bond acceptors (Lipinski definition) is 6. The number of aromatic nitrogens is 2. The standard InChI is InChI=1S/C11H21N5O/c1-5-8-14-9(6-10(15-8)16-12)13-7-11(2,3)17-4/h6H,5,7,12H2,1-4H3,(H2,13,14,15,16). The number of rotatable bonds is 6. The van der Waals surface area contributed by atoms with Crippen molar-refractivity contribution in [1.29, 1.82) is 0 Å². The molecule has 0 unspecified atom stereocenters. The second kappa shape index (κ2) is 5.79. The summed E-state index contributed by atoms with van der Waals surface area (Å²) in [5, 5.41) is 3.21. The number of anilines is 2. The number of nitrogens with one attached hydrogen (secondary N) is 2. The summed E-state index contributed by atoms with van der Waals surface area (Å²) in [6.07, 6.45) is 0.762. The number of nitrogen functional groups attached to an aromatic ring is 1. The largest absolute Gasteiger partial charge is 0.377 e. The number of ether oxygens (including phenoxy) is 1. The van der Waals surface area contributed by atoms with Gasteiger partial charge in [0.25, 0.3) is 0 Å². The Morgan fingerprint density at radius 1 is 1.35 bits per heavy atom. The maximum atomic E-state index is 5.36. The topological polar surface area (TPSA) is 85.1 Å². The smallest absolute Gasteiger partial charge is 0.145 e. The van der Waals surface area contributed by atoms with Crippen LogP contribution in [0.5, 0.6) is 0 Å². The highest BCUT2D eigenvalue weighted by molar-refractivity contribution is 5.47. The Kier molecular flexibility index (Phi) is 4.65. The lowest BCUT2D eigenvalue weighted by molar-refractivity contribution is 0.0343. The van der Waals surface area contributed by atoms with E-state index in [1.807, 2.05) is 20.8 Å². The summed E-state index contributed by atoms with van der Waals surface area (Å²) in [6.45, 7) is 6.67. The Hall–Kier alpha value is -1.40. The summed E-state index contributed by atoms with van der Waals surface area (Å²) in [5.41, 5.74) is 2.29. The molecule has 1 heterocycles. The molecular weight excluding hydrogens is 218 g/mol. The molecule has 6 nitrogen and oxygen atoms in total. The van der Waals surface area contributed by atoms with Crippen molar-refractivity contribution < 1.29 is 4.74 Å². The predicted octanol–water partition coefficient (Wildman–Crippen LogP) is 1.16. The van der Waals surface area contributed by atoms with Gasteiger partial charge in [-0.1, -0.05) is 6.92 Å². The first-order chi connectivity index (χ1) is 8.00. The molecule has 0 saturated heterocycles. The molecule has 0 fully saturated rings. The quantitative estimate of drug-likeness (QED) is 0.510. The Morgan fingerprint density at radius 3 is 2.53 bits per heavy atom. The van der Waals surface area contributed by atoms with E-state index in [2.05, 4.69) is 20.7 Å². The van der Waals surface area contributed by atoms with Gasteiger partial charge in [0.05, 0.1) is 5.60 Å². The fraction of sp³-hybridized carbons (Fsp3) is 0.636. The molecule has 1 aromatic heterocycles. The van der Waals surface area contributed by atoms with Crippen LogP contribution in [0.4, 0.5) is 11.6 Å². The first-order valence-electron chi connectivity index (χ1n) is 5.64. The normalized spacial score (nSPS) is 11.4. The molecule has 0 atom stereocenters. The van der Waals surface area contributed by atoms with Crippen LogP contribution in [-0.2, 0) is 11.2 Å². The van der Waals surface area contributed by atoms with Gasteiger partial charge in [-0.2, -0.15) is 0 Å². The van der Waals surface area contributed by atoms with Crippen molar-refractivity contribution in [2.45, 2.75) is 32.8 Å². The average molecular weight is 239 g/mol. The molecule has 0 aliphatic carbocycles. The molecule has 1 rings (SSSR count). The third-order valence-electron chi connectivity index (χ3n) is 2.48. The van der Waals surface area contributed by atoms with Crippen LogP contribution in [0.3, 0.4) is 0 Å². The Morgan fingerprint density at radius 2 is 2.00 bits per heavy atom. The maximum absolute atomic E-state index is 5.36. The molecule has 0 aliphatic heterocycles. The van der Waals surface area contributed by atoms with E-state index in [1.54, 1.807) is 13.2 Å². The van der Waals surface area contributed by atoms with Crippen LogP contribution < -0.4 is 16.6 Å². The Balaban J connectivity index is 2.76. The second-order valence-corrected chi connectivity index (χ2v) is 4.37. The van der Waals surface area contributed by atoms with Gasteiger partial charge in [0, 0.05) is 26.1 Å². The Labute approximate surface area is 102 Å². The molecule has 1 aromatic rings. The second-order valence-electron chi connectivity index (χ2n) is 4.37. The number of hydrazine groups is 1. The highest BCUT2D eigenvalue weighted by atomic mass is 16.5. The Bertz CT molecular complexity index is 345. The van der Waals surface area contributed by atoms with E-state index in [9.17, 15) is 0 Å². The highest BCUT2D eigenvalue weighted by Gasteiger charge is 2.16. The van der Waals surface area contributed by atoms with Crippen molar-refractivity contribution in [2.24, 2.45) is 5.84 Å². The van der Waals surface area contributed by atoms with Gasteiger partial charge >= 0.3 is 0 Å². The van der Waals surface area contributed by atoms with Crippen molar-refractivity contribution in [1.82, 2.24) is 9.97 Å². The van der Waals surface area contributed by atoms with Crippen LogP contribution in [0.15, 0.2) is 6.07 Å². The van der Waals surface area contributed by atoms with Crippen LogP contribution in [0.25, 0.3) is 0 Å². The molecule has 0 spiro atoms. The predicted molar refractivity (Wildman–Crippen MR) is 68.8 cm³/mol. The third kappa shape index (κ3) is 4.16. The van der Waals surface area contributed by atoms with Crippen molar-refractivity contribution in [3.63, 3.8) is 0 Å². The molecule has 0 saturated carbocycles. The fourth-order valence-corrected chi connectivity index (χ4v) is 1.20. The lowest BCUT2D eigenvalue weighted by atomic mass is 10.1. The molecule has 0 aliphatic rings. The van der Waals surface area contributed by atoms with Gasteiger partial charge < -0.3 is 15.5 Å². The summed E-state index contributed by atoms with van der Waals surface area (Å²) in [7, 11) is 1.69. The lowest BCUT2D eigenvalue weighted by Gasteiger charge is -2.23.